The summed E-state index contributed by atoms with van der Waals surface area (Å²) in [6, 6.07) is 24.4. The van der Waals surface area contributed by atoms with Crippen LogP contribution in [0, 0.1) is 6.92 Å². The minimum Gasteiger partial charge on any atom is -0.481 e. The quantitative estimate of drug-likeness (QED) is 0.590. The molecule has 1 amide bonds. The number of aryl methyl sites for hydroxylation is 3. The molecule has 3 nitrogen and oxygen atoms in total. The van der Waals surface area contributed by atoms with E-state index in [1.165, 1.54) is 29.5 Å². The van der Waals surface area contributed by atoms with E-state index < -0.39 is 6.10 Å². The second kappa shape index (κ2) is 9.17. The van der Waals surface area contributed by atoms with Crippen LogP contribution in [0.4, 0.5) is 0 Å². The molecule has 0 fully saturated rings. The van der Waals surface area contributed by atoms with E-state index in [4.69, 9.17) is 4.74 Å². The Morgan fingerprint density at radius 3 is 2.27 bits per heavy atom. The molecule has 0 heterocycles. The molecule has 0 spiro atoms. The Morgan fingerprint density at radius 1 is 0.867 bits per heavy atom. The molecule has 0 aliphatic heterocycles. The van der Waals surface area contributed by atoms with Crippen molar-refractivity contribution in [3.8, 4) is 5.75 Å². The van der Waals surface area contributed by atoms with Gasteiger partial charge in [-0.3, -0.25) is 4.79 Å². The Bertz CT molecular complexity index is 995. The average Bonchev–Trinajstić information content (AvgIpc) is 2.78. The van der Waals surface area contributed by atoms with Gasteiger partial charge in [0.1, 0.15) is 5.75 Å². The van der Waals surface area contributed by atoms with Gasteiger partial charge in [0.25, 0.3) is 5.91 Å². The van der Waals surface area contributed by atoms with Gasteiger partial charge >= 0.3 is 0 Å². The van der Waals surface area contributed by atoms with E-state index in [1.54, 1.807) is 0 Å². The summed E-state index contributed by atoms with van der Waals surface area (Å²) in [5.74, 6) is 0.645. The van der Waals surface area contributed by atoms with E-state index in [9.17, 15) is 4.79 Å². The number of benzene rings is 3. The number of amides is 1. The maximum absolute atomic E-state index is 13.0. The molecule has 3 aromatic carbocycles. The molecule has 1 N–H and O–H groups in total. The second-order valence-electron chi connectivity index (χ2n) is 8.16. The van der Waals surface area contributed by atoms with Crippen molar-refractivity contribution in [2.75, 3.05) is 0 Å². The van der Waals surface area contributed by atoms with Gasteiger partial charge in [0.15, 0.2) is 6.10 Å². The van der Waals surface area contributed by atoms with Crippen molar-refractivity contribution in [2.24, 2.45) is 0 Å². The van der Waals surface area contributed by atoms with Crippen LogP contribution < -0.4 is 10.1 Å². The second-order valence-corrected chi connectivity index (χ2v) is 8.16. The van der Waals surface area contributed by atoms with Crippen molar-refractivity contribution in [3.63, 3.8) is 0 Å². The molecule has 3 aromatic rings. The monoisotopic (exact) mass is 399 g/mol. The van der Waals surface area contributed by atoms with Crippen LogP contribution in [0.25, 0.3) is 0 Å². The van der Waals surface area contributed by atoms with Crippen molar-refractivity contribution in [3.05, 3.63) is 101 Å². The summed E-state index contributed by atoms with van der Waals surface area (Å²) < 4.78 is 6.02. The molecule has 0 aromatic heterocycles. The fourth-order valence-corrected chi connectivity index (χ4v) is 4.06. The van der Waals surface area contributed by atoms with Gasteiger partial charge in [-0.25, -0.2) is 0 Å². The van der Waals surface area contributed by atoms with Crippen LogP contribution in [-0.4, -0.2) is 12.0 Å². The minimum absolute atomic E-state index is 0.123. The predicted octanol–water partition coefficient (Wildman–Crippen LogP) is 5.55. The molecule has 0 saturated heterocycles. The average molecular weight is 400 g/mol. The zero-order valence-corrected chi connectivity index (χ0v) is 17.7. The van der Waals surface area contributed by atoms with E-state index >= 15 is 0 Å². The van der Waals surface area contributed by atoms with E-state index in [0.29, 0.717) is 0 Å². The first-order valence-corrected chi connectivity index (χ1v) is 10.8. The standard InChI is InChI=1S/C27H29NO2/c1-19-12-14-23(15-13-19)26(22-9-4-3-5-10-22)28-27(29)20(2)30-25-17-16-21-8-6-7-11-24(21)18-25/h3-5,9-10,12-18,20,26H,6-8,11H2,1-2H3,(H,28,29)/t20-,26-/m0/s1. The lowest BCUT2D eigenvalue weighted by molar-refractivity contribution is -0.127. The lowest BCUT2D eigenvalue weighted by Crippen LogP contribution is -2.39. The molecule has 0 unspecified atom stereocenters. The van der Waals surface area contributed by atoms with Crippen LogP contribution in [0.1, 0.15) is 53.6 Å². The Balaban J connectivity index is 1.50. The van der Waals surface area contributed by atoms with Gasteiger partial charge in [0, 0.05) is 0 Å². The molecule has 1 aliphatic rings. The number of ether oxygens (including phenoxy) is 1. The lowest BCUT2D eigenvalue weighted by Gasteiger charge is -2.23. The van der Waals surface area contributed by atoms with Gasteiger partial charge in [-0.1, -0.05) is 66.2 Å². The van der Waals surface area contributed by atoms with Crippen molar-refractivity contribution in [2.45, 2.75) is 51.7 Å². The first-order valence-electron chi connectivity index (χ1n) is 10.8. The third-order valence-electron chi connectivity index (χ3n) is 5.83. The van der Waals surface area contributed by atoms with E-state index in [2.05, 4.69) is 48.6 Å². The number of rotatable bonds is 6. The number of carbonyl (C=O) groups excluding carboxylic acids is 1. The first-order chi connectivity index (χ1) is 14.6. The van der Waals surface area contributed by atoms with Gasteiger partial charge in [-0.15, -0.1) is 0 Å². The van der Waals surface area contributed by atoms with Crippen molar-refractivity contribution in [1.29, 1.82) is 0 Å². The fourth-order valence-electron chi connectivity index (χ4n) is 4.06. The number of nitrogens with one attached hydrogen (secondary N) is 1. The Labute approximate surface area is 179 Å². The highest BCUT2D eigenvalue weighted by molar-refractivity contribution is 5.81. The van der Waals surface area contributed by atoms with Crippen LogP contribution in [0.15, 0.2) is 72.8 Å². The number of hydrogen-bond acceptors (Lipinski definition) is 2. The largest absolute Gasteiger partial charge is 0.481 e. The van der Waals surface area contributed by atoms with E-state index in [1.807, 2.05) is 43.3 Å². The Hall–Kier alpha value is -3.07. The molecule has 3 heteroatoms. The summed E-state index contributed by atoms with van der Waals surface area (Å²) in [6.45, 7) is 3.88. The van der Waals surface area contributed by atoms with Gasteiger partial charge in [-0.2, -0.15) is 0 Å². The molecule has 1 aliphatic carbocycles. The van der Waals surface area contributed by atoms with Crippen molar-refractivity contribution in [1.82, 2.24) is 5.32 Å². The third kappa shape index (κ3) is 4.73. The lowest BCUT2D eigenvalue weighted by atomic mass is 9.92. The highest BCUT2D eigenvalue weighted by Crippen LogP contribution is 2.26. The van der Waals surface area contributed by atoms with Crippen LogP contribution >= 0.6 is 0 Å². The summed E-state index contributed by atoms with van der Waals surface area (Å²) in [5, 5.41) is 3.19. The number of fused-ring (bicyclic) bond motifs is 1. The van der Waals surface area contributed by atoms with Crippen molar-refractivity contribution < 1.29 is 9.53 Å². The molecular formula is C27H29NO2. The Kier molecular flexibility index (Phi) is 6.18. The fraction of sp³-hybridized carbons (Fsp3) is 0.296. The van der Waals surface area contributed by atoms with E-state index in [-0.39, 0.29) is 11.9 Å². The third-order valence-corrected chi connectivity index (χ3v) is 5.83. The van der Waals surface area contributed by atoms with Crippen LogP contribution in [-0.2, 0) is 17.6 Å². The van der Waals surface area contributed by atoms with E-state index in [0.717, 1.165) is 29.7 Å². The van der Waals surface area contributed by atoms with Gasteiger partial charge in [0.05, 0.1) is 6.04 Å². The zero-order valence-electron chi connectivity index (χ0n) is 17.7. The molecule has 0 saturated carbocycles. The molecule has 0 bridgehead atoms. The van der Waals surface area contributed by atoms with Crippen LogP contribution in [0.3, 0.4) is 0 Å². The summed E-state index contributed by atoms with van der Waals surface area (Å²) in [5.41, 5.74) is 6.07. The zero-order chi connectivity index (χ0) is 20.9. The predicted molar refractivity (Wildman–Crippen MR) is 121 cm³/mol. The number of carbonyl (C=O) groups is 1. The maximum Gasteiger partial charge on any atom is 0.261 e. The summed E-state index contributed by atoms with van der Waals surface area (Å²) in [7, 11) is 0. The summed E-state index contributed by atoms with van der Waals surface area (Å²) >= 11 is 0. The first kappa shape index (κ1) is 20.2. The molecule has 0 radical (unpaired) electrons. The molecule has 30 heavy (non-hydrogen) atoms. The van der Waals surface area contributed by atoms with Crippen molar-refractivity contribution >= 4 is 5.91 Å². The highest BCUT2D eigenvalue weighted by atomic mass is 16.5. The minimum atomic E-state index is -0.580. The van der Waals surface area contributed by atoms with Gasteiger partial charge in [-0.05, 0) is 73.9 Å². The van der Waals surface area contributed by atoms with Crippen LogP contribution in [0.5, 0.6) is 5.75 Å². The summed E-state index contributed by atoms with van der Waals surface area (Å²) in [6.07, 6.45) is 4.13. The number of hydrogen-bond donors (Lipinski definition) is 1. The van der Waals surface area contributed by atoms with Crippen LogP contribution in [0.2, 0.25) is 0 Å². The molecular weight excluding hydrogens is 370 g/mol. The summed E-state index contributed by atoms with van der Waals surface area (Å²) in [4.78, 5) is 13.0. The van der Waals surface area contributed by atoms with Gasteiger partial charge in [0.2, 0.25) is 0 Å². The SMILES string of the molecule is Cc1ccc([C@@H](NC(=O)[C@H](C)Oc2ccc3c(c2)CCCC3)c2ccccc2)cc1. The van der Waals surface area contributed by atoms with Gasteiger partial charge < -0.3 is 10.1 Å². The molecule has 4 rings (SSSR count). The molecule has 154 valence electrons. The Morgan fingerprint density at radius 2 is 1.53 bits per heavy atom. The molecule has 2 atom stereocenters. The normalized spacial score (nSPS) is 15.0. The highest BCUT2D eigenvalue weighted by Gasteiger charge is 2.22. The topological polar surface area (TPSA) is 38.3 Å². The maximum atomic E-state index is 13.0. The smallest absolute Gasteiger partial charge is 0.261 e.